The number of benzene rings is 2. The van der Waals surface area contributed by atoms with Crippen molar-refractivity contribution in [3.63, 3.8) is 0 Å². The van der Waals surface area contributed by atoms with Crippen molar-refractivity contribution in [3.05, 3.63) is 70.7 Å². The van der Waals surface area contributed by atoms with Crippen LogP contribution in [0.25, 0.3) is 11.0 Å². The lowest BCUT2D eigenvalue weighted by Gasteiger charge is -2.26. The minimum Gasteiger partial charge on any atom is -0.451 e. The highest BCUT2D eigenvalue weighted by Gasteiger charge is 2.25. The molecule has 0 saturated heterocycles. The van der Waals surface area contributed by atoms with Crippen LogP contribution in [0.1, 0.15) is 46.1 Å². The van der Waals surface area contributed by atoms with Gasteiger partial charge in [0.2, 0.25) is 0 Å². The van der Waals surface area contributed by atoms with E-state index in [2.05, 4.69) is 17.4 Å². The van der Waals surface area contributed by atoms with Crippen molar-refractivity contribution in [2.75, 3.05) is 0 Å². The first-order chi connectivity index (χ1) is 11.6. The van der Waals surface area contributed by atoms with E-state index in [1.807, 2.05) is 12.1 Å². The summed E-state index contributed by atoms with van der Waals surface area (Å²) in [5.41, 5.74) is 3.67. The molecule has 3 nitrogen and oxygen atoms in total. The van der Waals surface area contributed by atoms with Gasteiger partial charge < -0.3 is 9.73 Å². The molecule has 4 heteroatoms. The Hall–Kier alpha value is -2.62. The van der Waals surface area contributed by atoms with Gasteiger partial charge in [-0.05, 0) is 55.5 Å². The van der Waals surface area contributed by atoms with Crippen LogP contribution in [0.4, 0.5) is 4.39 Å². The Balaban J connectivity index is 1.65. The lowest BCUT2D eigenvalue weighted by molar-refractivity contribution is 0.0906. The molecule has 1 aromatic heterocycles. The van der Waals surface area contributed by atoms with E-state index in [0.29, 0.717) is 16.5 Å². The van der Waals surface area contributed by atoms with Gasteiger partial charge >= 0.3 is 0 Å². The van der Waals surface area contributed by atoms with Crippen molar-refractivity contribution in [3.8, 4) is 0 Å². The van der Waals surface area contributed by atoms with E-state index in [1.54, 1.807) is 13.0 Å². The number of halogens is 1. The predicted octanol–water partition coefficient (Wildman–Crippen LogP) is 4.69. The number of carbonyl (C=O) groups excluding carboxylic acids is 1. The SMILES string of the molecule is Cc1c(C(=O)N[C@H]2CCCc3ccccc32)oc2ccc(F)cc12. The highest BCUT2D eigenvalue weighted by molar-refractivity contribution is 5.99. The van der Waals surface area contributed by atoms with E-state index in [0.717, 1.165) is 19.3 Å². The van der Waals surface area contributed by atoms with Crippen LogP contribution in [0, 0.1) is 12.7 Å². The molecule has 0 aliphatic heterocycles. The number of hydrogen-bond acceptors (Lipinski definition) is 2. The van der Waals surface area contributed by atoms with Crippen LogP contribution in [0.15, 0.2) is 46.9 Å². The highest BCUT2D eigenvalue weighted by Crippen LogP contribution is 2.31. The van der Waals surface area contributed by atoms with Crippen molar-refractivity contribution in [1.82, 2.24) is 5.32 Å². The van der Waals surface area contributed by atoms with Gasteiger partial charge in [-0.1, -0.05) is 24.3 Å². The molecule has 122 valence electrons. The maximum Gasteiger partial charge on any atom is 0.287 e. The summed E-state index contributed by atoms with van der Waals surface area (Å²) in [6.45, 7) is 1.79. The quantitative estimate of drug-likeness (QED) is 0.743. The molecule has 1 amide bonds. The fourth-order valence-electron chi connectivity index (χ4n) is 3.54. The molecule has 0 unspecified atom stereocenters. The Morgan fingerprint density at radius 3 is 2.96 bits per heavy atom. The lowest BCUT2D eigenvalue weighted by atomic mass is 9.87. The minimum absolute atomic E-state index is 0.00759. The van der Waals surface area contributed by atoms with Gasteiger partial charge in [0.15, 0.2) is 5.76 Å². The van der Waals surface area contributed by atoms with Crippen LogP contribution < -0.4 is 5.32 Å². The highest BCUT2D eigenvalue weighted by atomic mass is 19.1. The van der Waals surface area contributed by atoms with Gasteiger partial charge in [0, 0.05) is 10.9 Å². The van der Waals surface area contributed by atoms with E-state index >= 15 is 0 Å². The molecule has 1 aliphatic rings. The monoisotopic (exact) mass is 323 g/mol. The molecule has 24 heavy (non-hydrogen) atoms. The topological polar surface area (TPSA) is 42.2 Å². The molecule has 4 rings (SSSR count). The van der Waals surface area contributed by atoms with Gasteiger partial charge in [0.25, 0.3) is 5.91 Å². The first kappa shape index (κ1) is 14.9. The zero-order valence-corrected chi connectivity index (χ0v) is 13.4. The Kier molecular flexibility index (Phi) is 3.60. The second kappa shape index (κ2) is 5.78. The van der Waals surface area contributed by atoms with E-state index in [1.165, 1.54) is 23.3 Å². The Bertz CT molecular complexity index is 929. The standard InChI is InChI=1S/C20H18FNO2/c1-12-16-11-14(21)9-10-18(16)24-19(12)20(23)22-17-8-4-6-13-5-2-3-7-15(13)17/h2-3,5,7,9-11,17H,4,6,8H2,1H3,(H,22,23)/t17-/m0/s1. The van der Waals surface area contributed by atoms with E-state index in [-0.39, 0.29) is 23.5 Å². The van der Waals surface area contributed by atoms with Crippen LogP contribution >= 0.6 is 0 Å². The van der Waals surface area contributed by atoms with Gasteiger partial charge in [-0.3, -0.25) is 4.79 Å². The maximum atomic E-state index is 13.4. The third-order valence-electron chi connectivity index (χ3n) is 4.78. The molecule has 0 spiro atoms. The van der Waals surface area contributed by atoms with Gasteiger partial charge in [-0.15, -0.1) is 0 Å². The van der Waals surface area contributed by atoms with Crippen LogP contribution in [0.3, 0.4) is 0 Å². The third kappa shape index (κ3) is 2.48. The van der Waals surface area contributed by atoms with E-state index < -0.39 is 0 Å². The molecule has 1 heterocycles. The van der Waals surface area contributed by atoms with Gasteiger partial charge in [-0.25, -0.2) is 4.39 Å². The molecule has 1 aliphatic carbocycles. The molecule has 0 bridgehead atoms. The van der Waals surface area contributed by atoms with E-state index in [4.69, 9.17) is 4.42 Å². The maximum absolute atomic E-state index is 13.4. The van der Waals surface area contributed by atoms with Crippen molar-refractivity contribution in [2.45, 2.75) is 32.2 Å². The number of aryl methyl sites for hydroxylation is 2. The van der Waals surface area contributed by atoms with Crippen molar-refractivity contribution >= 4 is 16.9 Å². The minimum atomic E-state index is -0.334. The lowest BCUT2D eigenvalue weighted by Crippen LogP contribution is -2.31. The predicted molar refractivity (Wildman–Crippen MR) is 90.5 cm³/mol. The summed E-state index contributed by atoms with van der Waals surface area (Å²) in [6.07, 6.45) is 3.01. The second-order valence-electron chi connectivity index (χ2n) is 6.31. The largest absolute Gasteiger partial charge is 0.451 e. The summed E-state index contributed by atoms with van der Waals surface area (Å²) in [6, 6.07) is 12.5. The zero-order chi connectivity index (χ0) is 16.7. The number of hydrogen-bond donors (Lipinski definition) is 1. The number of rotatable bonds is 2. The van der Waals surface area contributed by atoms with Gasteiger partial charge in [0.05, 0.1) is 6.04 Å². The summed E-state index contributed by atoms with van der Waals surface area (Å²) >= 11 is 0. The molecule has 0 saturated carbocycles. The molecule has 1 N–H and O–H groups in total. The molecule has 3 aromatic rings. The summed E-state index contributed by atoms with van der Waals surface area (Å²) in [7, 11) is 0. The van der Waals surface area contributed by atoms with Crippen LogP contribution in [0.5, 0.6) is 0 Å². The Morgan fingerprint density at radius 1 is 1.25 bits per heavy atom. The van der Waals surface area contributed by atoms with Gasteiger partial charge in [-0.2, -0.15) is 0 Å². The average molecular weight is 323 g/mol. The Morgan fingerprint density at radius 2 is 2.08 bits per heavy atom. The van der Waals surface area contributed by atoms with Crippen molar-refractivity contribution < 1.29 is 13.6 Å². The molecular weight excluding hydrogens is 305 g/mol. The number of furan rings is 1. The van der Waals surface area contributed by atoms with Crippen LogP contribution in [0.2, 0.25) is 0 Å². The normalized spacial score (nSPS) is 16.8. The summed E-state index contributed by atoms with van der Waals surface area (Å²) in [5.74, 6) is -0.316. The fourth-order valence-corrected chi connectivity index (χ4v) is 3.54. The molecule has 0 radical (unpaired) electrons. The fraction of sp³-hybridized carbons (Fsp3) is 0.250. The van der Waals surface area contributed by atoms with E-state index in [9.17, 15) is 9.18 Å². The van der Waals surface area contributed by atoms with Gasteiger partial charge in [0.1, 0.15) is 11.4 Å². The first-order valence-corrected chi connectivity index (χ1v) is 8.21. The summed E-state index contributed by atoms with van der Waals surface area (Å²) < 4.78 is 19.1. The van der Waals surface area contributed by atoms with Crippen molar-refractivity contribution in [1.29, 1.82) is 0 Å². The average Bonchev–Trinajstić information content (AvgIpc) is 2.92. The molecule has 2 aromatic carbocycles. The first-order valence-electron chi connectivity index (χ1n) is 8.21. The smallest absolute Gasteiger partial charge is 0.287 e. The molecule has 1 atom stereocenters. The third-order valence-corrected chi connectivity index (χ3v) is 4.78. The second-order valence-corrected chi connectivity index (χ2v) is 6.31. The Labute approximate surface area is 139 Å². The van der Waals surface area contributed by atoms with Crippen LogP contribution in [-0.4, -0.2) is 5.91 Å². The summed E-state index contributed by atoms with van der Waals surface area (Å²) in [5, 5.41) is 3.72. The zero-order valence-electron chi connectivity index (χ0n) is 13.4. The number of amides is 1. The number of nitrogens with one attached hydrogen (secondary N) is 1. The number of fused-ring (bicyclic) bond motifs is 2. The van der Waals surface area contributed by atoms with Crippen LogP contribution in [-0.2, 0) is 6.42 Å². The van der Waals surface area contributed by atoms with Crippen molar-refractivity contribution in [2.24, 2.45) is 0 Å². The number of carbonyl (C=O) groups is 1. The molecular formula is C20H18FNO2. The summed E-state index contributed by atoms with van der Waals surface area (Å²) in [4.78, 5) is 12.7. The molecule has 0 fully saturated rings.